The van der Waals surface area contributed by atoms with E-state index in [9.17, 15) is 0 Å². The second-order valence-electron chi connectivity index (χ2n) is 20.0. The van der Waals surface area contributed by atoms with Crippen LogP contribution in [0.1, 0.15) is 139 Å². The number of hydrogen-bond donors (Lipinski definition) is 0. The summed E-state index contributed by atoms with van der Waals surface area (Å²) in [5, 5.41) is 0. The Balaban J connectivity index is 0.783. The Morgan fingerprint density at radius 2 is 0.846 bits per heavy atom. The maximum absolute atomic E-state index is 7.34. The summed E-state index contributed by atoms with van der Waals surface area (Å²) in [5.41, 5.74) is 3.07. The van der Waals surface area contributed by atoms with Crippen molar-refractivity contribution in [1.29, 1.82) is 0 Å². The topological polar surface area (TPSA) is 24.9 Å². The minimum atomic E-state index is 0.402. The van der Waals surface area contributed by atoms with Crippen LogP contribution < -0.4 is 0 Å². The van der Waals surface area contributed by atoms with Crippen LogP contribution in [0, 0.1) is 35.5 Å². The van der Waals surface area contributed by atoms with Gasteiger partial charge in [-0.15, -0.1) is 0 Å². The van der Waals surface area contributed by atoms with E-state index in [-0.39, 0.29) is 0 Å². The van der Waals surface area contributed by atoms with Crippen LogP contribution in [0.25, 0.3) is 0 Å². The molecule has 4 nitrogen and oxygen atoms in total. The lowest BCUT2D eigenvalue weighted by molar-refractivity contribution is -0.184. The molecule has 4 heterocycles. The first-order valence-electron chi connectivity index (χ1n) is 22.8. The van der Waals surface area contributed by atoms with Gasteiger partial charge in [0, 0.05) is 48.1 Å². The summed E-state index contributed by atoms with van der Waals surface area (Å²) in [6.07, 6.45) is 27.2. The van der Waals surface area contributed by atoms with Crippen LogP contribution in [0.3, 0.4) is 0 Å². The molecule has 6 saturated carbocycles. The third-order valence-electron chi connectivity index (χ3n) is 18.2. The Bertz CT molecular complexity index is 1470. The third-order valence-corrected chi connectivity index (χ3v) is 18.2. The molecule has 278 valence electrons. The first kappa shape index (κ1) is 32.5. The van der Waals surface area contributed by atoms with E-state index in [0.29, 0.717) is 60.4 Å². The van der Waals surface area contributed by atoms with Gasteiger partial charge in [0.2, 0.25) is 0 Å². The minimum absolute atomic E-state index is 0.402. The molecule has 0 radical (unpaired) electrons. The summed E-state index contributed by atoms with van der Waals surface area (Å²) in [6, 6.07) is 27.3. The van der Waals surface area contributed by atoms with Crippen molar-refractivity contribution in [3.8, 4) is 0 Å². The van der Waals surface area contributed by atoms with Gasteiger partial charge in [-0.05, 0) is 137 Å². The molecule has 18 atom stereocenters. The first-order chi connectivity index (χ1) is 25.8. The fourth-order valence-corrected chi connectivity index (χ4v) is 16.6. The SMILES string of the molecule is c1ccc(C2CCCC3C2OC2CCCC4C5CC(C6CCC7C(C6)C6CCCC8OC9C(c%10ccccc%10)CCCC9N7C86)CCC5N3C24)cc1. The molecule has 0 aromatic heterocycles. The summed E-state index contributed by atoms with van der Waals surface area (Å²) >= 11 is 0. The van der Waals surface area contributed by atoms with Gasteiger partial charge in [-0.2, -0.15) is 0 Å². The Labute approximate surface area is 313 Å². The van der Waals surface area contributed by atoms with Crippen molar-refractivity contribution in [1.82, 2.24) is 9.80 Å². The van der Waals surface area contributed by atoms with E-state index in [1.54, 1.807) is 0 Å². The lowest BCUT2D eigenvalue weighted by Gasteiger charge is -2.55. The Kier molecular flexibility index (Phi) is 8.08. The predicted octanol–water partition coefficient (Wildman–Crippen LogP) is 9.73. The summed E-state index contributed by atoms with van der Waals surface area (Å²) in [4.78, 5) is 6.41. The molecule has 0 amide bonds. The molecule has 10 fully saturated rings. The molecule has 0 N–H and O–H groups in total. The second kappa shape index (κ2) is 12.9. The van der Waals surface area contributed by atoms with Gasteiger partial charge >= 0.3 is 0 Å². The second-order valence-corrected chi connectivity index (χ2v) is 20.0. The Hall–Kier alpha value is -1.72. The van der Waals surface area contributed by atoms with Crippen molar-refractivity contribution in [2.45, 2.75) is 188 Å². The zero-order chi connectivity index (χ0) is 33.9. The average molecular weight is 701 g/mol. The van der Waals surface area contributed by atoms with Crippen LogP contribution in [-0.4, -0.2) is 70.5 Å². The lowest BCUT2D eigenvalue weighted by Crippen LogP contribution is -2.64. The lowest BCUT2D eigenvalue weighted by atomic mass is 9.62. The molecule has 0 bridgehead atoms. The third kappa shape index (κ3) is 4.91. The molecular weight excluding hydrogens is 637 g/mol. The van der Waals surface area contributed by atoms with Crippen molar-refractivity contribution in [2.75, 3.05) is 0 Å². The van der Waals surface area contributed by atoms with Gasteiger partial charge in [-0.3, -0.25) is 9.80 Å². The van der Waals surface area contributed by atoms with Crippen molar-refractivity contribution in [2.24, 2.45) is 35.5 Å². The van der Waals surface area contributed by atoms with Gasteiger partial charge in [0.25, 0.3) is 0 Å². The van der Waals surface area contributed by atoms with Gasteiger partial charge in [-0.25, -0.2) is 0 Å². The van der Waals surface area contributed by atoms with Gasteiger partial charge in [-0.1, -0.05) is 86.3 Å². The summed E-state index contributed by atoms with van der Waals surface area (Å²) < 4.78 is 14.7. The maximum Gasteiger partial charge on any atom is 0.0803 e. The van der Waals surface area contributed by atoms with Crippen molar-refractivity contribution in [3.63, 3.8) is 0 Å². The van der Waals surface area contributed by atoms with Crippen molar-refractivity contribution < 1.29 is 9.47 Å². The quantitative estimate of drug-likeness (QED) is 0.319. The molecule has 12 rings (SSSR count). The summed E-state index contributed by atoms with van der Waals surface area (Å²) in [6.45, 7) is 0. The highest BCUT2D eigenvalue weighted by atomic mass is 16.5. The normalized spacial score (nSPS) is 50.9. The monoisotopic (exact) mass is 700 g/mol. The van der Waals surface area contributed by atoms with Crippen LogP contribution in [0.5, 0.6) is 0 Å². The molecule has 4 heteroatoms. The van der Waals surface area contributed by atoms with Crippen LogP contribution >= 0.6 is 0 Å². The molecule has 10 aliphatic rings. The van der Waals surface area contributed by atoms with Gasteiger partial charge < -0.3 is 9.47 Å². The molecule has 4 aliphatic heterocycles. The number of hydrogen-bond acceptors (Lipinski definition) is 4. The fourth-order valence-electron chi connectivity index (χ4n) is 16.6. The van der Waals surface area contributed by atoms with Crippen LogP contribution in [0.15, 0.2) is 60.7 Å². The highest BCUT2D eigenvalue weighted by molar-refractivity contribution is 5.26. The van der Waals surface area contributed by atoms with Crippen LogP contribution in [0.2, 0.25) is 0 Å². The molecule has 2 aromatic rings. The molecule has 52 heavy (non-hydrogen) atoms. The van der Waals surface area contributed by atoms with E-state index < -0.39 is 0 Å². The predicted molar refractivity (Wildman–Crippen MR) is 206 cm³/mol. The maximum atomic E-state index is 7.34. The van der Waals surface area contributed by atoms with Crippen molar-refractivity contribution in [3.05, 3.63) is 71.8 Å². The molecule has 0 spiro atoms. The van der Waals surface area contributed by atoms with E-state index in [0.717, 1.165) is 47.6 Å². The summed E-state index contributed by atoms with van der Waals surface area (Å²) in [7, 11) is 0. The fraction of sp³-hybridized carbons (Fsp3) is 0.750. The van der Waals surface area contributed by atoms with Gasteiger partial charge in [0.15, 0.2) is 0 Å². The molecule has 18 unspecified atom stereocenters. The Morgan fingerprint density at radius 3 is 1.31 bits per heavy atom. The van der Waals surface area contributed by atoms with Crippen molar-refractivity contribution >= 4 is 0 Å². The highest BCUT2D eigenvalue weighted by Crippen LogP contribution is 2.61. The zero-order valence-corrected chi connectivity index (χ0v) is 31.6. The number of fused-ring (bicyclic) bond motifs is 10. The molecular formula is C48H64N2O2. The smallest absolute Gasteiger partial charge is 0.0803 e. The van der Waals surface area contributed by atoms with Crippen LogP contribution in [0.4, 0.5) is 0 Å². The van der Waals surface area contributed by atoms with E-state index in [1.165, 1.54) is 127 Å². The molecule has 2 aromatic carbocycles. The van der Waals surface area contributed by atoms with Gasteiger partial charge in [0.05, 0.1) is 24.4 Å². The van der Waals surface area contributed by atoms with E-state index in [2.05, 4.69) is 70.5 Å². The average Bonchev–Trinajstić information content (AvgIpc) is 3.73. The largest absolute Gasteiger partial charge is 0.371 e. The standard InChI is InChI=1S/C48H64N2O2/c1-3-11-29(12-4-1)33-15-7-19-41-47(33)51-43-21-9-17-35-37-27-31(23-25-39(37)49(41)45(35)43)32-24-26-40-38(28-32)36-18-10-22-44-46(36)50(40)42-20-8-16-34(48(42)52-44)30-13-5-2-6-14-30/h1-6,11-14,31-48H,7-10,15-28H2. The number of rotatable bonds is 3. The van der Waals surface area contributed by atoms with E-state index in [1.807, 2.05) is 0 Å². The Morgan fingerprint density at radius 1 is 0.404 bits per heavy atom. The molecule has 6 aliphatic carbocycles. The van der Waals surface area contributed by atoms with E-state index >= 15 is 0 Å². The molecule has 4 saturated heterocycles. The number of ether oxygens (including phenoxy) is 2. The number of benzene rings is 2. The van der Waals surface area contributed by atoms with Gasteiger partial charge in [0.1, 0.15) is 0 Å². The summed E-state index contributed by atoms with van der Waals surface area (Å²) in [5.74, 6) is 6.69. The number of morpholine rings is 2. The zero-order valence-electron chi connectivity index (χ0n) is 31.6. The highest BCUT2D eigenvalue weighted by Gasteiger charge is 2.64. The minimum Gasteiger partial charge on any atom is -0.371 e. The number of nitrogens with zero attached hydrogens (tertiary/aromatic N) is 2. The van der Waals surface area contributed by atoms with E-state index in [4.69, 9.17) is 9.47 Å². The first-order valence-corrected chi connectivity index (χ1v) is 22.8. The van der Waals surface area contributed by atoms with Crippen LogP contribution in [-0.2, 0) is 9.47 Å².